The van der Waals surface area contributed by atoms with E-state index < -0.39 is 0 Å². The lowest BCUT2D eigenvalue weighted by atomic mass is 10.0. The third-order valence-electron chi connectivity index (χ3n) is 10.9. The summed E-state index contributed by atoms with van der Waals surface area (Å²) in [7, 11) is 0. The molecule has 0 bridgehead atoms. The first-order valence-electron chi connectivity index (χ1n) is 19.2. The highest BCUT2D eigenvalue weighted by molar-refractivity contribution is 5.37. The lowest BCUT2D eigenvalue weighted by Gasteiger charge is -2.35. The SMILES string of the molecule is Cc1cc(C[n+]2cccc(C)c2OC2CCN(C(C)c3ccc4c(n3)OCCO4)CC2)cc(OC2CCN(C(C)c3ccc4c(n3)OCCO4)CC2)n1. The molecule has 2 unspecified atom stereocenters. The number of piperidine rings is 2. The van der Waals surface area contributed by atoms with Crippen LogP contribution in [-0.2, 0) is 6.54 Å². The van der Waals surface area contributed by atoms with Crippen molar-refractivity contribution >= 4 is 0 Å². The van der Waals surface area contributed by atoms with Gasteiger partial charge in [0, 0.05) is 61.7 Å². The fourth-order valence-corrected chi connectivity index (χ4v) is 7.82. The Morgan fingerprint density at radius 1 is 0.698 bits per heavy atom. The Morgan fingerprint density at radius 3 is 1.83 bits per heavy atom. The van der Waals surface area contributed by atoms with Crippen molar-refractivity contribution in [2.75, 3.05) is 52.6 Å². The Bertz CT molecular complexity index is 1890. The average molecular weight is 724 g/mol. The molecule has 0 amide bonds. The lowest BCUT2D eigenvalue weighted by molar-refractivity contribution is -0.694. The highest BCUT2D eigenvalue weighted by Crippen LogP contribution is 2.34. The van der Waals surface area contributed by atoms with Crippen molar-refractivity contribution in [3.05, 3.63) is 82.9 Å². The van der Waals surface area contributed by atoms with Gasteiger partial charge in [0.15, 0.2) is 24.2 Å². The monoisotopic (exact) mass is 723 g/mol. The van der Waals surface area contributed by atoms with Crippen molar-refractivity contribution in [2.45, 2.75) is 84.2 Å². The molecule has 280 valence electrons. The summed E-state index contributed by atoms with van der Waals surface area (Å²) in [6.45, 7) is 15.2. The van der Waals surface area contributed by atoms with Crippen LogP contribution in [0.5, 0.6) is 35.0 Å². The Hall–Kier alpha value is -4.68. The number of ether oxygens (including phenoxy) is 6. The normalized spacial score (nSPS) is 19.4. The van der Waals surface area contributed by atoms with Crippen molar-refractivity contribution in [3.8, 4) is 35.0 Å². The van der Waals surface area contributed by atoms with Gasteiger partial charge in [-0.15, -0.1) is 0 Å². The van der Waals surface area contributed by atoms with Crippen LogP contribution in [0.1, 0.15) is 79.8 Å². The van der Waals surface area contributed by atoms with Crippen LogP contribution in [0.4, 0.5) is 0 Å². The van der Waals surface area contributed by atoms with Gasteiger partial charge in [0.25, 0.3) is 11.8 Å². The largest absolute Gasteiger partial charge is 0.484 e. The Morgan fingerprint density at radius 2 is 1.25 bits per heavy atom. The fourth-order valence-electron chi connectivity index (χ4n) is 7.82. The summed E-state index contributed by atoms with van der Waals surface area (Å²) in [4.78, 5) is 19.2. The second-order valence-corrected chi connectivity index (χ2v) is 14.6. The van der Waals surface area contributed by atoms with Gasteiger partial charge in [0.05, 0.1) is 17.0 Å². The van der Waals surface area contributed by atoms with Crippen LogP contribution in [0.25, 0.3) is 0 Å². The van der Waals surface area contributed by atoms with Gasteiger partial charge in [-0.3, -0.25) is 9.80 Å². The van der Waals surface area contributed by atoms with E-state index in [-0.39, 0.29) is 24.3 Å². The van der Waals surface area contributed by atoms with Crippen LogP contribution in [-0.4, -0.2) is 89.6 Å². The minimum Gasteiger partial charge on any atom is -0.484 e. The molecule has 4 aliphatic rings. The minimum atomic E-state index is 0.110. The molecule has 2 fully saturated rings. The van der Waals surface area contributed by atoms with Gasteiger partial charge in [-0.2, -0.15) is 4.57 Å². The van der Waals surface area contributed by atoms with Gasteiger partial charge in [0.2, 0.25) is 5.88 Å². The predicted molar refractivity (Wildman–Crippen MR) is 197 cm³/mol. The maximum Gasteiger partial charge on any atom is 0.371 e. The first kappa shape index (κ1) is 35.4. The summed E-state index contributed by atoms with van der Waals surface area (Å²) in [5.41, 5.74) is 5.21. The molecule has 8 heterocycles. The van der Waals surface area contributed by atoms with E-state index in [1.54, 1.807) is 0 Å². The second-order valence-electron chi connectivity index (χ2n) is 14.6. The number of rotatable bonds is 10. The van der Waals surface area contributed by atoms with Crippen LogP contribution < -0.4 is 33.0 Å². The molecule has 0 N–H and O–H groups in total. The molecule has 0 aliphatic carbocycles. The van der Waals surface area contributed by atoms with E-state index in [9.17, 15) is 0 Å². The molecular formula is C41H51N6O6+. The van der Waals surface area contributed by atoms with Crippen molar-refractivity contribution in [1.82, 2.24) is 24.8 Å². The average Bonchev–Trinajstić information content (AvgIpc) is 3.18. The Labute approximate surface area is 312 Å². The molecule has 12 nitrogen and oxygen atoms in total. The van der Waals surface area contributed by atoms with Crippen molar-refractivity contribution < 1.29 is 33.0 Å². The van der Waals surface area contributed by atoms with Crippen LogP contribution in [0, 0.1) is 13.8 Å². The summed E-state index contributed by atoms with van der Waals surface area (Å²) in [5.74, 6) is 4.25. The molecule has 4 aliphatic heterocycles. The molecule has 8 rings (SSSR count). The van der Waals surface area contributed by atoms with Crippen LogP contribution in [0.3, 0.4) is 0 Å². The van der Waals surface area contributed by atoms with Crippen molar-refractivity contribution in [3.63, 3.8) is 0 Å². The molecule has 0 radical (unpaired) electrons. The summed E-state index contributed by atoms with van der Waals surface area (Å²) < 4.78 is 38.3. The summed E-state index contributed by atoms with van der Waals surface area (Å²) >= 11 is 0. The number of aryl methyl sites for hydroxylation is 2. The molecule has 2 atom stereocenters. The topological polar surface area (TPSA) is 104 Å². The van der Waals surface area contributed by atoms with E-state index in [2.05, 4.69) is 71.7 Å². The van der Waals surface area contributed by atoms with Gasteiger partial charge in [0.1, 0.15) is 38.6 Å². The van der Waals surface area contributed by atoms with E-state index in [0.29, 0.717) is 50.6 Å². The number of nitrogens with zero attached hydrogens (tertiary/aromatic N) is 6. The van der Waals surface area contributed by atoms with Crippen LogP contribution in [0.2, 0.25) is 0 Å². The molecule has 0 aromatic carbocycles. The molecule has 4 aromatic heterocycles. The molecule has 2 saturated heterocycles. The Kier molecular flexibility index (Phi) is 10.5. The maximum atomic E-state index is 6.78. The zero-order chi connectivity index (χ0) is 36.3. The maximum absolute atomic E-state index is 6.78. The second kappa shape index (κ2) is 15.7. The zero-order valence-electron chi connectivity index (χ0n) is 31.3. The van der Waals surface area contributed by atoms with Gasteiger partial charge in [-0.25, -0.2) is 15.0 Å². The summed E-state index contributed by atoms with van der Waals surface area (Å²) in [5, 5.41) is 0. The number of hydrogen-bond acceptors (Lipinski definition) is 11. The first-order valence-corrected chi connectivity index (χ1v) is 19.2. The van der Waals surface area contributed by atoms with E-state index in [0.717, 1.165) is 97.5 Å². The van der Waals surface area contributed by atoms with Crippen molar-refractivity contribution in [1.29, 1.82) is 0 Å². The molecule has 0 spiro atoms. The molecule has 12 heteroatoms. The highest BCUT2D eigenvalue weighted by Gasteiger charge is 2.30. The fraction of sp³-hybridized carbons (Fsp3) is 0.512. The zero-order valence-corrected chi connectivity index (χ0v) is 31.3. The van der Waals surface area contributed by atoms with Gasteiger partial charge >= 0.3 is 5.88 Å². The number of hydrogen-bond donors (Lipinski definition) is 0. The molecule has 53 heavy (non-hydrogen) atoms. The number of likely N-dealkylation sites (tertiary alicyclic amines) is 2. The Balaban J connectivity index is 0.862. The smallest absolute Gasteiger partial charge is 0.371 e. The standard InChI is InChI=1S/C41H51N6O6/c1-27-6-5-15-47(41(27)53-33-13-18-46(19-14-33)30(4)35-8-10-37-40(44-35)51-23-21-49-37)26-31-24-28(2)42-38(25-31)52-32-11-16-45(17-12-32)29(3)34-7-9-36-39(43-34)50-22-20-48-36/h5-10,15,24-25,29-30,32-33H,11-14,16-23,26H2,1-4H3/q+1. The molecular weight excluding hydrogens is 672 g/mol. The van der Waals surface area contributed by atoms with E-state index in [1.807, 2.05) is 25.1 Å². The third kappa shape index (κ3) is 8.13. The summed E-state index contributed by atoms with van der Waals surface area (Å²) in [6, 6.07) is 16.9. The number of aromatic nitrogens is 4. The number of pyridine rings is 4. The minimum absolute atomic E-state index is 0.110. The van der Waals surface area contributed by atoms with E-state index >= 15 is 0 Å². The third-order valence-corrected chi connectivity index (χ3v) is 10.9. The van der Waals surface area contributed by atoms with E-state index in [4.69, 9.17) is 43.4 Å². The van der Waals surface area contributed by atoms with E-state index in [1.165, 1.54) is 0 Å². The molecule has 4 aromatic rings. The summed E-state index contributed by atoms with van der Waals surface area (Å²) in [6.07, 6.45) is 6.09. The lowest BCUT2D eigenvalue weighted by Crippen LogP contribution is -2.43. The molecule has 0 saturated carbocycles. The highest BCUT2D eigenvalue weighted by atomic mass is 16.6. The van der Waals surface area contributed by atoms with Crippen LogP contribution in [0.15, 0.2) is 54.7 Å². The van der Waals surface area contributed by atoms with Gasteiger partial charge < -0.3 is 28.4 Å². The van der Waals surface area contributed by atoms with Gasteiger partial charge in [-0.05, 0) is 89.8 Å². The predicted octanol–water partition coefficient (Wildman–Crippen LogP) is 5.58. The quantitative estimate of drug-likeness (QED) is 0.192. The van der Waals surface area contributed by atoms with Crippen LogP contribution >= 0.6 is 0 Å². The van der Waals surface area contributed by atoms with Gasteiger partial charge in [-0.1, -0.05) is 0 Å². The van der Waals surface area contributed by atoms with Crippen molar-refractivity contribution in [2.24, 2.45) is 0 Å². The first-order chi connectivity index (χ1) is 25.9. The number of fused-ring (bicyclic) bond motifs is 2.